The number of aromatic nitrogens is 5. The fourth-order valence-electron chi connectivity index (χ4n) is 5.26. The summed E-state index contributed by atoms with van der Waals surface area (Å²) in [5.41, 5.74) is 3.87. The van der Waals surface area contributed by atoms with E-state index in [9.17, 15) is 9.59 Å². The third-order valence-electron chi connectivity index (χ3n) is 6.98. The zero-order valence-corrected chi connectivity index (χ0v) is 18.9. The van der Waals surface area contributed by atoms with E-state index in [2.05, 4.69) is 37.8 Å². The Morgan fingerprint density at radius 1 is 1.06 bits per heavy atom. The quantitative estimate of drug-likeness (QED) is 0.510. The van der Waals surface area contributed by atoms with E-state index in [-0.39, 0.29) is 17.6 Å². The minimum absolute atomic E-state index is 0.0900. The van der Waals surface area contributed by atoms with E-state index in [0.29, 0.717) is 23.8 Å². The van der Waals surface area contributed by atoms with Crippen LogP contribution in [0.15, 0.2) is 59.8 Å². The smallest absolute Gasteiger partial charge is 0.327 e. The van der Waals surface area contributed by atoms with Crippen molar-refractivity contribution in [3.63, 3.8) is 0 Å². The number of nitrogens with one attached hydrogen (secondary N) is 1. The van der Waals surface area contributed by atoms with E-state index in [0.717, 1.165) is 43.0 Å². The van der Waals surface area contributed by atoms with E-state index in [1.165, 1.54) is 11.9 Å². The molecule has 1 fully saturated rings. The van der Waals surface area contributed by atoms with E-state index in [1.807, 2.05) is 39.8 Å². The molecule has 1 N–H and O–H groups in total. The number of aromatic amines is 1. The van der Waals surface area contributed by atoms with Crippen LogP contribution in [0.1, 0.15) is 47.8 Å². The summed E-state index contributed by atoms with van der Waals surface area (Å²) in [5.74, 6) is 0.932. The number of pyridine rings is 1. The fourth-order valence-corrected chi connectivity index (χ4v) is 5.26. The van der Waals surface area contributed by atoms with Gasteiger partial charge < -0.3 is 9.80 Å². The molecule has 9 heteroatoms. The SMILES string of the molecule is CC1CN(C(=O)c2cc(N3CCC(n4c(=O)[nH]c5ncccc54)CC3)ncn2)c2ccccc21. The monoisotopic (exact) mass is 455 g/mol. The molecular weight excluding hydrogens is 430 g/mol. The third kappa shape index (κ3) is 3.35. The van der Waals surface area contributed by atoms with Gasteiger partial charge in [0.2, 0.25) is 0 Å². The average molecular weight is 456 g/mol. The predicted octanol–water partition coefficient (Wildman–Crippen LogP) is 3.12. The molecule has 2 aliphatic heterocycles. The second-order valence-electron chi connectivity index (χ2n) is 9.03. The Labute approximate surface area is 196 Å². The van der Waals surface area contributed by atoms with Crippen LogP contribution in [0, 0.1) is 0 Å². The Kier molecular flexibility index (Phi) is 4.90. The first-order chi connectivity index (χ1) is 16.6. The van der Waals surface area contributed by atoms with Crippen molar-refractivity contribution in [3.8, 4) is 0 Å². The lowest BCUT2D eigenvalue weighted by atomic mass is 10.0. The number of amides is 1. The topological polar surface area (TPSA) is 100 Å². The number of para-hydroxylation sites is 1. The van der Waals surface area contributed by atoms with Crippen LogP contribution in [-0.4, -0.2) is 50.0 Å². The molecule has 0 radical (unpaired) electrons. The highest BCUT2D eigenvalue weighted by atomic mass is 16.2. The number of benzene rings is 1. The van der Waals surface area contributed by atoms with Crippen molar-refractivity contribution in [1.29, 1.82) is 0 Å². The summed E-state index contributed by atoms with van der Waals surface area (Å²) in [6.45, 7) is 4.25. The molecule has 172 valence electrons. The van der Waals surface area contributed by atoms with Crippen LogP contribution in [0.5, 0.6) is 0 Å². The number of fused-ring (bicyclic) bond motifs is 2. The molecular formula is C25H25N7O2. The molecule has 1 atom stereocenters. The molecule has 2 aliphatic rings. The van der Waals surface area contributed by atoms with Crippen molar-refractivity contribution in [1.82, 2.24) is 24.5 Å². The van der Waals surface area contributed by atoms with Crippen molar-refractivity contribution in [2.75, 3.05) is 29.4 Å². The highest BCUT2D eigenvalue weighted by Gasteiger charge is 2.31. The highest BCUT2D eigenvalue weighted by molar-refractivity contribution is 6.06. The lowest BCUT2D eigenvalue weighted by Crippen LogP contribution is -2.37. The van der Waals surface area contributed by atoms with Crippen molar-refractivity contribution in [2.45, 2.75) is 31.7 Å². The molecule has 0 aliphatic carbocycles. The van der Waals surface area contributed by atoms with Gasteiger partial charge in [-0.3, -0.25) is 14.3 Å². The van der Waals surface area contributed by atoms with Crippen LogP contribution < -0.4 is 15.5 Å². The first kappa shape index (κ1) is 20.6. The van der Waals surface area contributed by atoms with Crippen LogP contribution >= 0.6 is 0 Å². The van der Waals surface area contributed by atoms with Crippen molar-refractivity contribution in [2.24, 2.45) is 0 Å². The van der Waals surface area contributed by atoms with Gasteiger partial charge in [-0.05, 0) is 36.6 Å². The number of hydrogen-bond acceptors (Lipinski definition) is 6. The van der Waals surface area contributed by atoms with E-state index in [4.69, 9.17) is 0 Å². The lowest BCUT2D eigenvalue weighted by Gasteiger charge is -2.33. The summed E-state index contributed by atoms with van der Waals surface area (Å²) >= 11 is 0. The Morgan fingerprint density at radius 2 is 1.88 bits per heavy atom. The maximum absolute atomic E-state index is 13.3. The molecule has 4 aromatic rings. The van der Waals surface area contributed by atoms with E-state index >= 15 is 0 Å². The largest absolute Gasteiger partial charge is 0.356 e. The van der Waals surface area contributed by atoms with Crippen molar-refractivity contribution >= 4 is 28.6 Å². The standard InChI is InChI=1S/C25H25N7O2/c1-16-14-31(20-6-3-2-5-18(16)20)24(33)19-13-22(28-15-27-19)30-11-8-17(9-12-30)32-21-7-4-10-26-23(21)29-25(32)34/h2-7,10,13,15-17H,8-9,11-12,14H2,1H3,(H,26,29,34). The first-order valence-electron chi connectivity index (χ1n) is 11.6. The number of H-pyrrole nitrogens is 1. The van der Waals surface area contributed by atoms with Gasteiger partial charge in [-0.15, -0.1) is 0 Å². The Hall–Kier alpha value is -4.01. The zero-order valence-electron chi connectivity index (χ0n) is 18.9. The summed E-state index contributed by atoms with van der Waals surface area (Å²) in [5, 5.41) is 0. The normalized spacial score (nSPS) is 18.4. The van der Waals surface area contributed by atoms with Crippen LogP contribution in [-0.2, 0) is 0 Å². The molecule has 6 rings (SSSR count). The van der Waals surface area contributed by atoms with Gasteiger partial charge >= 0.3 is 5.69 Å². The molecule has 3 aromatic heterocycles. The van der Waals surface area contributed by atoms with Gasteiger partial charge in [-0.25, -0.2) is 19.7 Å². The maximum atomic E-state index is 13.3. The van der Waals surface area contributed by atoms with E-state index in [1.54, 1.807) is 12.3 Å². The first-order valence-corrected chi connectivity index (χ1v) is 11.6. The lowest BCUT2D eigenvalue weighted by molar-refractivity contribution is 0.0983. The number of rotatable bonds is 3. The van der Waals surface area contributed by atoms with Gasteiger partial charge in [0, 0.05) is 49.5 Å². The highest BCUT2D eigenvalue weighted by Crippen LogP contribution is 2.36. The molecule has 34 heavy (non-hydrogen) atoms. The Balaban J connectivity index is 1.20. The summed E-state index contributed by atoms with van der Waals surface area (Å²) < 4.78 is 1.82. The van der Waals surface area contributed by atoms with Gasteiger partial charge in [0.1, 0.15) is 17.8 Å². The molecule has 5 heterocycles. The summed E-state index contributed by atoms with van der Waals surface area (Å²) in [6, 6.07) is 13.7. The molecule has 1 aromatic carbocycles. The molecule has 1 saturated heterocycles. The zero-order chi connectivity index (χ0) is 23.2. The number of imidazole rings is 1. The predicted molar refractivity (Wildman–Crippen MR) is 129 cm³/mol. The minimum Gasteiger partial charge on any atom is -0.356 e. The maximum Gasteiger partial charge on any atom is 0.327 e. The molecule has 0 bridgehead atoms. The third-order valence-corrected chi connectivity index (χ3v) is 6.98. The van der Waals surface area contributed by atoms with Crippen LogP contribution in [0.2, 0.25) is 0 Å². The fraction of sp³-hybridized carbons (Fsp3) is 0.320. The molecule has 0 saturated carbocycles. The minimum atomic E-state index is -0.123. The summed E-state index contributed by atoms with van der Waals surface area (Å²) in [6.07, 6.45) is 4.74. The number of carbonyl (C=O) groups excluding carboxylic acids is 1. The second-order valence-corrected chi connectivity index (χ2v) is 9.03. The number of carbonyl (C=O) groups is 1. The van der Waals surface area contributed by atoms with Crippen LogP contribution in [0.3, 0.4) is 0 Å². The van der Waals surface area contributed by atoms with Gasteiger partial charge in [0.05, 0.1) is 5.52 Å². The van der Waals surface area contributed by atoms with Crippen molar-refractivity contribution in [3.05, 3.63) is 76.7 Å². The Bertz CT molecular complexity index is 1430. The van der Waals surface area contributed by atoms with Crippen molar-refractivity contribution < 1.29 is 4.79 Å². The number of piperidine rings is 1. The number of hydrogen-bond donors (Lipinski definition) is 1. The van der Waals surface area contributed by atoms with Crippen LogP contribution in [0.4, 0.5) is 11.5 Å². The Morgan fingerprint density at radius 3 is 2.74 bits per heavy atom. The summed E-state index contributed by atoms with van der Waals surface area (Å²) in [7, 11) is 0. The summed E-state index contributed by atoms with van der Waals surface area (Å²) in [4.78, 5) is 45.7. The van der Waals surface area contributed by atoms with Gasteiger partial charge in [-0.2, -0.15) is 0 Å². The van der Waals surface area contributed by atoms with Gasteiger partial charge in [0.15, 0.2) is 5.65 Å². The number of anilines is 2. The van der Waals surface area contributed by atoms with E-state index < -0.39 is 0 Å². The second kappa shape index (κ2) is 8.09. The van der Waals surface area contributed by atoms with Crippen LogP contribution in [0.25, 0.3) is 11.2 Å². The van der Waals surface area contributed by atoms with Gasteiger partial charge in [-0.1, -0.05) is 25.1 Å². The molecule has 1 unspecified atom stereocenters. The molecule has 1 amide bonds. The molecule has 9 nitrogen and oxygen atoms in total. The molecule has 0 spiro atoms. The average Bonchev–Trinajstić information content (AvgIpc) is 3.40. The van der Waals surface area contributed by atoms with Gasteiger partial charge in [0.25, 0.3) is 5.91 Å². The number of nitrogens with zero attached hydrogens (tertiary/aromatic N) is 6.